The van der Waals surface area contributed by atoms with Gasteiger partial charge in [-0.3, -0.25) is 4.79 Å². The molecule has 0 aromatic heterocycles. The van der Waals surface area contributed by atoms with Gasteiger partial charge in [0.25, 0.3) is 5.91 Å². The van der Waals surface area contributed by atoms with Crippen LogP contribution in [-0.2, 0) is 11.3 Å². The largest absolute Gasteiger partial charge is 0.493 e. The minimum atomic E-state index is -0.0975. The first-order chi connectivity index (χ1) is 13.6. The third-order valence-electron chi connectivity index (χ3n) is 4.44. The first-order valence-electron chi connectivity index (χ1n) is 9.24. The van der Waals surface area contributed by atoms with E-state index in [-0.39, 0.29) is 19.3 Å². The number of fused-ring (bicyclic) bond motifs is 1. The molecule has 1 aliphatic rings. The Morgan fingerprint density at radius 2 is 1.96 bits per heavy atom. The third-order valence-corrected chi connectivity index (χ3v) is 4.44. The normalized spacial score (nSPS) is 12.2. The Morgan fingerprint density at radius 3 is 2.71 bits per heavy atom. The molecule has 0 spiro atoms. The molecule has 1 amide bonds. The van der Waals surface area contributed by atoms with Gasteiger partial charge in [0.05, 0.1) is 7.11 Å². The summed E-state index contributed by atoms with van der Waals surface area (Å²) < 4.78 is 21.8. The number of hydrogen-bond acceptors (Lipinski definition) is 5. The van der Waals surface area contributed by atoms with Gasteiger partial charge < -0.3 is 23.8 Å². The van der Waals surface area contributed by atoms with Crippen molar-refractivity contribution in [3.05, 3.63) is 53.6 Å². The molecule has 0 bridgehead atoms. The standard InChI is InChI=1S/C22H25NO5/c1-4-6-16-7-9-18(20(11-16)25-3)26-14-22(24)23(5-2)13-17-8-10-19-21(12-17)28-15-27-19/h4,6-12H,5,13-15H2,1-3H3/b6-4+. The molecule has 148 valence electrons. The molecule has 28 heavy (non-hydrogen) atoms. The molecule has 0 saturated heterocycles. The zero-order valence-corrected chi connectivity index (χ0v) is 16.4. The monoisotopic (exact) mass is 383 g/mol. The average Bonchev–Trinajstić information content (AvgIpc) is 3.18. The Hall–Kier alpha value is -3.15. The van der Waals surface area contributed by atoms with Crippen molar-refractivity contribution in [3.8, 4) is 23.0 Å². The maximum Gasteiger partial charge on any atom is 0.260 e. The van der Waals surface area contributed by atoms with E-state index in [0.29, 0.717) is 30.3 Å². The fraction of sp³-hybridized carbons (Fsp3) is 0.318. The van der Waals surface area contributed by atoms with Gasteiger partial charge in [0.2, 0.25) is 6.79 Å². The van der Waals surface area contributed by atoms with Gasteiger partial charge in [0.15, 0.2) is 29.6 Å². The lowest BCUT2D eigenvalue weighted by Crippen LogP contribution is -2.34. The van der Waals surface area contributed by atoms with Crippen LogP contribution in [0.3, 0.4) is 0 Å². The van der Waals surface area contributed by atoms with Crippen LogP contribution in [0.4, 0.5) is 0 Å². The first-order valence-corrected chi connectivity index (χ1v) is 9.24. The maximum absolute atomic E-state index is 12.6. The number of amides is 1. The van der Waals surface area contributed by atoms with Gasteiger partial charge in [0.1, 0.15) is 0 Å². The number of benzene rings is 2. The van der Waals surface area contributed by atoms with Crippen molar-refractivity contribution >= 4 is 12.0 Å². The topological polar surface area (TPSA) is 57.2 Å². The van der Waals surface area contributed by atoms with Crippen molar-refractivity contribution in [3.63, 3.8) is 0 Å². The third kappa shape index (κ3) is 4.57. The number of hydrogen-bond donors (Lipinski definition) is 0. The highest BCUT2D eigenvalue weighted by atomic mass is 16.7. The lowest BCUT2D eigenvalue weighted by molar-refractivity contribution is -0.133. The number of carbonyl (C=O) groups excluding carboxylic acids is 1. The summed E-state index contributed by atoms with van der Waals surface area (Å²) in [5.41, 5.74) is 1.99. The highest BCUT2D eigenvalue weighted by molar-refractivity contribution is 5.78. The van der Waals surface area contributed by atoms with Crippen LogP contribution in [0.25, 0.3) is 6.08 Å². The van der Waals surface area contributed by atoms with Gasteiger partial charge in [-0.25, -0.2) is 0 Å². The van der Waals surface area contributed by atoms with Crippen molar-refractivity contribution < 1.29 is 23.7 Å². The molecule has 0 atom stereocenters. The second kappa shape index (κ2) is 9.17. The van der Waals surface area contributed by atoms with E-state index in [1.54, 1.807) is 12.0 Å². The summed E-state index contributed by atoms with van der Waals surface area (Å²) >= 11 is 0. The Bertz CT molecular complexity index is 862. The smallest absolute Gasteiger partial charge is 0.260 e. The van der Waals surface area contributed by atoms with Crippen molar-refractivity contribution in [2.45, 2.75) is 20.4 Å². The zero-order chi connectivity index (χ0) is 19.9. The Morgan fingerprint density at radius 1 is 1.14 bits per heavy atom. The van der Waals surface area contributed by atoms with E-state index in [9.17, 15) is 4.79 Å². The fourth-order valence-corrected chi connectivity index (χ4v) is 2.97. The number of allylic oxidation sites excluding steroid dienone is 1. The van der Waals surface area contributed by atoms with Crippen molar-refractivity contribution in [1.29, 1.82) is 0 Å². The number of likely N-dealkylation sites (N-methyl/N-ethyl adjacent to an activating group) is 1. The molecule has 0 unspecified atom stereocenters. The Balaban J connectivity index is 1.62. The van der Waals surface area contributed by atoms with Gasteiger partial charge in [-0.1, -0.05) is 24.3 Å². The second-order valence-corrected chi connectivity index (χ2v) is 6.29. The first kappa shape index (κ1) is 19.6. The SMILES string of the molecule is C/C=C/c1ccc(OCC(=O)N(CC)Cc2ccc3c(c2)OCO3)c(OC)c1. The highest BCUT2D eigenvalue weighted by Gasteiger charge is 2.17. The van der Waals surface area contributed by atoms with Crippen molar-refractivity contribution in [2.24, 2.45) is 0 Å². The quantitative estimate of drug-likeness (QED) is 0.692. The summed E-state index contributed by atoms with van der Waals surface area (Å²) in [5, 5.41) is 0. The van der Waals surface area contributed by atoms with Gasteiger partial charge in [-0.2, -0.15) is 0 Å². The average molecular weight is 383 g/mol. The molecule has 0 fully saturated rings. The minimum absolute atomic E-state index is 0.0578. The zero-order valence-electron chi connectivity index (χ0n) is 16.4. The highest BCUT2D eigenvalue weighted by Crippen LogP contribution is 2.33. The van der Waals surface area contributed by atoms with E-state index in [1.807, 2.05) is 62.4 Å². The van der Waals surface area contributed by atoms with Gasteiger partial charge in [0, 0.05) is 13.1 Å². The predicted molar refractivity (Wildman–Crippen MR) is 107 cm³/mol. The molecule has 6 nitrogen and oxygen atoms in total. The van der Waals surface area contributed by atoms with Crippen LogP contribution < -0.4 is 18.9 Å². The van der Waals surface area contributed by atoms with Crippen LogP contribution in [0.2, 0.25) is 0 Å². The van der Waals surface area contributed by atoms with Crippen LogP contribution in [-0.4, -0.2) is 37.9 Å². The van der Waals surface area contributed by atoms with E-state index in [1.165, 1.54) is 0 Å². The van der Waals surface area contributed by atoms with Crippen LogP contribution in [0.5, 0.6) is 23.0 Å². The van der Waals surface area contributed by atoms with Gasteiger partial charge >= 0.3 is 0 Å². The van der Waals surface area contributed by atoms with E-state index in [0.717, 1.165) is 16.9 Å². The summed E-state index contributed by atoms with van der Waals surface area (Å²) in [4.78, 5) is 14.4. The molecule has 0 N–H and O–H groups in total. The fourth-order valence-electron chi connectivity index (χ4n) is 2.97. The Kier molecular flexibility index (Phi) is 6.42. The van der Waals surface area contributed by atoms with E-state index in [4.69, 9.17) is 18.9 Å². The second-order valence-electron chi connectivity index (χ2n) is 6.29. The number of carbonyl (C=O) groups is 1. The number of methoxy groups -OCH3 is 1. The molecule has 2 aromatic carbocycles. The maximum atomic E-state index is 12.6. The summed E-state index contributed by atoms with van der Waals surface area (Å²) in [6.45, 7) is 5.13. The van der Waals surface area contributed by atoms with Gasteiger partial charge in [-0.15, -0.1) is 0 Å². The van der Waals surface area contributed by atoms with Crippen LogP contribution in [0, 0.1) is 0 Å². The van der Waals surface area contributed by atoms with E-state index in [2.05, 4.69) is 0 Å². The molecule has 6 heteroatoms. The van der Waals surface area contributed by atoms with Crippen LogP contribution in [0.1, 0.15) is 25.0 Å². The van der Waals surface area contributed by atoms with Crippen molar-refractivity contribution in [2.75, 3.05) is 27.1 Å². The number of ether oxygens (including phenoxy) is 4. The summed E-state index contributed by atoms with van der Waals surface area (Å²) in [5.74, 6) is 2.49. The van der Waals surface area contributed by atoms with Gasteiger partial charge in [-0.05, 0) is 49.2 Å². The molecule has 3 rings (SSSR count). The molecular formula is C22H25NO5. The minimum Gasteiger partial charge on any atom is -0.493 e. The molecule has 1 aliphatic heterocycles. The van der Waals surface area contributed by atoms with Crippen LogP contribution in [0.15, 0.2) is 42.5 Å². The molecular weight excluding hydrogens is 358 g/mol. The summed E-state index contributed by atoms with van der Waals surface area (Å²) in [7, 11) is 1.58. The van der Waals surface area contributed by atoms with E-state index >= 15 is 0 Å². The number of rotatable bonds is 8. The Labute approximate surface area is 165 Å². The lowest BCUT2D eigenvalue weighted by Gasteiger charge is -2.21. The predicted octanol–water partition coefficient (Wildman–Crippen LogP) is 3.88. The summed E-state index contributed by atoms with van der Waals surface area (Å²) in [6, 6.07) is 11.3. The molecule has 1 heterocycles. The molecule has 0 radical (unpaired) electrons. The van der Waals surface area contributed by atoms with Crippen LogP contribution >= 0.6 is 0 Å². The summed E-state index contributed by atoms with van der Waals surface area (Å²) in [6.07, 6.45) is 3.93. The van der Waals surface area contributed by atoms with E-state index < -0.39 is 0 Å². The lowest BCUT2D eigenvalue weighted by atomic mass is 10.2. The molecule has 2 aromatic rings. The molecule has 0 aliphatic carbocycles. The number of nitrogens with zero attached hydrogens (tertiary/aromatic N) is 1. The molecule has 0 saturated carbocycles. The van der Waals surface area contributed by atoms with Crippen molar-refractivity contribution in [1.82, 2.24) is 4.90 Å².